The molecule has 2 aromatic rings. The van der Waals surface area contributed by atoms with Crippen molar-refractivity contribution in [2.75, 3.05) is 6.54 Å². The fraction of sp³-hybridized carbons (Fsp3) is 0.467. The molecule has 1 aromatic carbocycles. The molecule has 1 aliphatic heterocycles. The van der Waals surface area contributed by atoms with Gasteiger partial charge in [-0.3, -0.25) is 4.90 Å². The first-order chi connectivity index (χ1) is 8.16. The molecular formula is C15H20N2. The van der Waals surface area contributed by atoms with Crippen LogP contribution in [0.3, 0.4) is 0 Å². The Balaban J connectivity index is 2.12. The number of aromatic nitrogens is 1. The van der Waals surface area contributed by atoms with E-state index in [1.807, 2.05) is 0 Å². The van der Waals surface area contributed by atoms with Gasteiger partial charge >= 0.3 is 0 Å². The molecule has 0 saturated heterocycles. The monoisotopic (exact) mass is 228 g/mol. The Kier molecular flexibility index (Phi) is 2.48. The van der Waals surface area contributed by atoms with E-state index in [-0.39, 0.29) is 0 Å². The first-order valence-electron chi connectivity index (χ1n) is 6.50. The van der Waals surface area contributed by atoms with Crippen molar-refractivity contribution < 1.29 is 0 Å². The molecule has 90 valence electrons. The number of H-pyrrole nitrogens is 1. The molecule has 3 rings (SSSR count). The normalized spacial score (nSPS) is 16.7. The zero-order valence-corrected chi connectivity index (χ0v) is 10.9. The quantitative estimate of drug-likeness (QED) is 0.794. The van der Waals surface area contributed by atoms with E-state index in [9.17, 15) is 0 Å². The van der Waals surface area contributed by atoms with E-state index >= 15 is 0 Å². The van der Waals surface area contributed by atoms with Gasteiger partial charge < -0.3 is 4.98 Å². The van der Waals surface area contributed by atoms with Gasteiger partial charge in [-0.15, -0.1) is 0 Å². The summed E-state index contributed by atoms with van der Waals surface area (Å²) in [5, 5.41) is 1.42. The van der Waals surface area contributed by atoms with Gasteiger partial charge in [0, 0.05) is 42.1 Å². The number of para-hydroxylation sites is 1. The van der Waals surface area contributed by atoms with Crippen LogP contribution < -0.4 is 0 Å². The van der Waals surface area contributed by atoms with Gasteiger partial charge in [0.05, 0.1) is 0 Å². The van der Waals surface area contributed by atoms with Gasteiger partial charge in [0.2, 0.25) is 0 Å². The van der Waals surface area contributed by atoms with Gasteiger partial charge in [-0.05, 0) is 31.9 Å². The van der Waals surface area contributed by atoms with Crippen molar-refractivity contribution in [2.45, 2.75) is 39.8 Å². The second kappa shape index (κ2) is 3.88. The fourth-order valence-corrected chi connectivity index (χ4v) is 2.85. The minimum atomic E-state index is 0.637. The van der Waals surface area contributed by atoms with Crippen molar-refractivity contribution >= 4 is 10.9 Å². The van der Waals surface area contributed by atoms with E-state index in [2.05, 4.69) is 48.9 Å². The molecule has 0 atom stereocenters. The Morgan fingerprint density at radius 2 is 2.12 bits per heavy atom. The summed E-state index contributed by atoms with van der Waals surface area (Å²) in [6.07, 6.45) is 1.15. The van der Waals surface area contributed by atoms with E-state index in [4.69, 9.17) is 0 Å². The summed E-state index contributed by atoms with van der Waals surface area (Å²) in [4.78, 5) is 6.17. The maximum atomic E-state index is 3.62. The Labute approximate surface area is 103 Å². The Morgan fingerprint density at radius 3 is 2.88 bits per heavy atom. The molecule has 2 heterocycles. The van der Waals surface area contributed by atoms with Gasteiger partial charge in [-0.1, -0.05) is 18.2 Å². The van der Waals surface area contributed by atoms with E-state index in [0.717, 1.165) is 13.0 Å². The minimum absolute atomic E-state index is 0.637. The topological polar surface area (TPSA) is 19.0 Å². The lowest BCUT2D eigenvalue weighted by atomic mass is 10.0. The first kappa shape index (κ1) is 10.8. The molecule has 1 aliphatic rings. The van der Waals surface area contributed by atoms with Crippen LogP contribution in [0.1, 0.15) is 30.7 Å². The van der Waals surface area contributed by atoms with Crippen molar-refractivity contribution in [3.8, 4) is 0 Å². The molecule has 0 fully saturated rings. The zero-order chi connectivity index (χ0) is 12.0. The van der Waals surface area contributed by atoms with Crippen LogP contribution in [0.4, 0.5) is 0 Å². The van der Waals surface area contributed by atoms with Crippen molar-refractivity contribution in [1.82, 2.24) is 9.88 Å². The summed E-state index contributed by atoms with van der Waals surface area (Å²) in [5.41, 5.74) is 5.66. The molecule has 1 aromatic heterocycles. The van der Waals surface area contributed by atoms with E-state index < -0.39 is 0 Å². The Morgan fingerprint density at radius 1 is 1.29 bits per heavy atom. The lowest BCUT2D eigenvalue weighted by Crippen LogP contribution is -2.35. The summed E-state index contributed by atoms with van der Waals surface area (Å²) < 4.78 is 0. The van der Waals surface area contributed by atoms with Gasteiger partial charge in [0.1, 0.15) is 0 Å². The largest absolute Gasteiger partial charge is 0.358 e. The summed E-state index contributed by atoms with van der Waals surface area (Å²) in [6.45, 7) is 9.02. The fourth-order valence-electron chi connectivity index (χ4n) is 2.85. The third-order valence-electron chi connectivity index (χ3n) is 3.98. The third kappa shape index (κ3) is 1.67. The van der Waals surface area contributed by atoms with Gasteiger partial charge in [0.15, 0.2) is 0 Å². The third-order valence-corrected chi connectivity index (χ3v) is 3.98. The average Bonchev–Trinajstić information content (AvgIpc) is 2.68. The van der Waals surface area contributed by atoms with Crippen LogP contribution in [-0.4, -0.2) is 22.5 Å². The highest BCUT2D eigenvalue weighted by Gasteiger charge is 2.22. The molecule has 2 nitrogen and oxygen atoms in total. The molecule has 0 aliphatic carbocycles. The Bertz CT molecular complexity index is 551. The zero-order valence-electron chi connectivity index (χ0n) is 10.9. The van der Waals surface area contributed by atoms with Gasteiger partial charge in [0.25, 0.3) is 0 Å². The van der Waals surface area contributed by atoms with Crippen LogP contribution in [0, 0.1) is 6.92 Å². The number of nitrogens with zero attached hydrogens (tertiary/aromatic N) is 1. The van der Waals surface area contributed by atoms with Crippen molar-refractivity contribution in [2.24, 2.45) is 0 Å². The second-order valence-corrected chi connectivity index (χ2v) is 5.39. The molecule has 0 spiro atoms. The lowest BCUT2D eigenvalue weighted by molar-refractivity contribution is 0.203. The lowest BCUT2D eigenvalue weighted by Gasteiger charge is -2.30. The van der Waals surface area contributed by atoms with Crippen LogP contribution in [0.5, 0.6) is 0 Å². The van der Waals surface area contributed by atoms with Crippen LogP contribution >= 0.6 is 0 Å². The SMILES string of the molecule is Cc1cccc2c3c([nH]c12)CCN(C(C)C)C3. The number of hydrogen-bond donors (Lipinski definition) is 1. The van der Waals surface area contributed by atoms with E-state index in [1.165, 1.54) is 34.3 Å². The number of aryl methyl sites for hydroxylation is 1. The van der Waals surface area contributed by atoms with Crippen LogP contribution in [0.2, 0.25) is 0 Å². The van der Waals surface area contributed by atoms with Crippen LogP contribution in [0.15, 0.2) is 18.2 Å². The average molecular weight is 228 g/mol. The molecule has 0 amide bonds. The number of rotatable bonds is 1. The maximum Gasteiger partial charge on any atom is 0.0489 e. The molecular weight excluding hydrogens is 208 g/mol. The highest BCUT2D eigenvalue weighted by Crippen LogP contribution is 2.29. The molecule has 0 bridgehead atoms. The first-order valence-corrected chi connectivity index (χ1v) is 6.50. The standard InChI is InChI=1S/C15H20N2/c1-10(2)17-8-7-14-13(9-17)12-6-4-5-11(3)15(12)16-14/h4-6,10,16H,7-9H2,1-3H3. The maximum absolute atomic E-state index is 3.62. The smallest absolute Gasteiger partial charge is 0.0489 e. The molecule has 17 heavy (non-hydrogen) atoms. The minimum Gasteiger partial charge on any atom is -0.358 e. The molecule has 0 radical (unpaired) electrons. The van der Waals surface area contributed by atoms with Gasteiger partial charge in [-0.2, -0.15) is 0 Å². The van der Waals surface area contributed by atoms with Gasteiger partial charge in [-0.25, -0.2) is 0 Å². The summed E-state index contributed by atoms with van der Waals surface area (Å²) in [7, 11) is 0. The molecule has 1 N–H and O–H groups in total. The number of nitrogens with one attached hydrogen (secondary N) is 1. The molecule has 2 heteroatoms. The van der Waals surface area contributed by atoms with Crippen molar-refractivity contribution in [3.63, 3.8) is 0 Å². The number of hydrogen-bond acceptors (Lipinski definition) is 1. The number of aromatic amines is 1. The number of benzene rings is 1. The van der Waals surface area contributed by atoms with E-state index in [0.29, 0.717) is 6.04 Å². The predicted octanol–water partition coefficient (Wildman–Crippen LogP) is 3.24. The summed E-state index contributed by atoms with van der Waals surface area (Å²) in [6, 6.07) is 7.24. The molecule has 0 saturated carbocycles. The van der Waals surface area contributed by atoms with E-state index in [1.54, 1.807) is 0 Å². The predicted molar refractivity (Wildman–Crippen MR) is 72.3 cm³/mol. The van der Waals surface area contributed by atoms with Crippen molar-refractivity contribution in [1.29, 1.82) is 0 Å². The van der Waals surface area contributed by atoms with Crippen molar-refractivity contribution in [3.05, 3.63) is 35.0 Å². The highest BCUT2D eigenvalue weighted by atomic mass is 15.2. The summed E-state index contributed by atoms with van der Waals surface area (Å²) in [5.74, 6) is 0. The number of fused-ring (bicyclic) bond motifs is 3. The van der Waals surface area contributed by atoms with Crippen LogP contribution in [0.25, 0.3) is 10.9 Å². The molecule has 0 unspecified atom stereocenters. The van der Waals surface area contributed by atoms with Crippen LogP contribution in [-0.2, 0) is 13.0 Å². The Hall–Kier alpha value is -1.28. The second-order valence-electron chi connectivity index (χ2n) is 5.39. The summed E-state index contributed by atoms with van der Waals surface area (Å²) >= 11 is 0. The highest BCUT2D eigenvalue weighted by molar-refractivity contribution is 5.87.